The average molecular weight is 318 g/mol. The first-order valence-electron chi connectivity index (χ1n) is 7.58. The summed E-state index contributed by atoms with van der Waals surface area (Å²) in [5, 5.41) is 13.3. The number of aliphatic carboxylic acids is 1. The second kappa shape index (κ2) is 7.28. The van der Waals surface area contributed by atoms with Crippen LogP contribution in [0.2, 0.25) is 0 Å². The lowest BCUT2D eigenvalue weighted by molar-refractivity contribution is -0.139. The Hall–Kier alpha value is -2.34. The molecule has 6 nitrogen and oxygen atoms in total. The minimum Gasteiger partial charge on any atom is -0.486 e. The van der Waals surface area contributed by atoms with E-state index in [-0.39, 0.29) is 18.4 Å². The number of carbonyl (C=O) groups excluding carboxylic acids is 1. The van der Waals surface area contributed by atoms with Gasteiger partial charge in [0.1, 0.15) is 18.4 Å². The molecule has 0 saturated heterocycles. The highest BCUT2D eigenvalue weighted by molar-refractivity contribution is 5.86. The Morgan fingerprint density at radius 2 is 2.09 bits per heavy atom. The van der Waals surface area contributed by atoms with Gasteiger partial charge in [-0.1, -0.05) is 13.8 Å². The van der Waals surface area contributed by atoms with Crippen LogP contribution in [-0.4, -0.2) is 40.5 Å². The van der Waals surface area contributed by atoms with Crippen molar-refractivity contribution in [2.75, 3.05) is 6.61 Å². The Morgan fingerprint density at radius 3 is 2.70 bits per heavy atom. The van der Waals surface area contributed by atoms with E-state index in [4.69, 9.17) is 4.74 Å². The molecule has 1 atom stereocenters. The number of H-pyrrole nitrogens is 1. The standard InChI is InChI=1S/C17H22N2O4/c1-10(2)19-16(17(21)22)6-12-8-18-15-5-4-13(7-14(12)15)23-9-11(3)20/h4-5,7-8,10,16,18-19H,6,9H2,1-3H3,(H,21,22)/t16-/m0/s1. The molecule has 0 aliphatic rings. The number of carboxylic acids is 1. The molecule has 0 amide bonds. The predicted molar refractivity (Wildman–Crippen MR) is 87.9 cm³/mol. The lowest BCUT2D eigenvalue weighted by Crippen LogP contribution is -2.42. The van der Waals surface area contributed by atoms with Crippen molar-refractivity contribution in [3.05, 3.63) is 30.0 Å². The molecular formula is C17H22N2O4. The summed E-state index contributed by atoms with van der Waals surface area (Å²) in [6.07, 6.45) is 2.18. The first kappa shape index (κ1) is 17.0. The van der Waals surface area contributed by atoms with E-state index in [1.165, 1.54) is 6.92 Å². The van der Waals surface area contributed by atoms with Crippen molar-refractivity contribution in [3.63, 3.8) is 0 Å². The van der Waals surface area contributed by atoms with Crippen molar-refractivity contribution in [2.24, 2.45) is 0 Å². The van der Waals surface area contributed by atoms with Gasteiger partial charge in [0.15, 0.2) is 5.78 Å². The first-order valence-corrected chi connectivity index (χ1v) is 7.58. The van der Waals surface area contributed by atoms with E-state index >= 15 is 0 Å². The number of carboxylic acid groups (broad SMARTS) is 1. The number of hydrogen-bond acceptors (Lipinski definition) is 4. The van der Waals surface area contributed by atoms with Gasteiger partial charge in [0.05, 0.1) is 0 Å². The number of Topliss-reactive ketones (excluding diaryl/α,β-unsaturated/α-hetero) is 1. The minimum atomic E-state index is -0.878. The normalized spacial score (nSPS) is 12.5. The van der Waals surface area contributed by atoms with Crippen LogP contribution in [0.15, 0.2) is 24.4 Å². The molecule has 0 fully saturated rings. The number of carbonyl (C=O) groups is 2. The minimum absolute atomic E-state index is 0.0257. The molecule has 124 valence electrons. The zero-order valence-corrected chi connectivity index (χ0v) is 13.6. The van der Waals surface area contributed by atoms with Crippen LogP contribution in [0.25, 0.3) is 10.9 Å². The van der Waals surface area contributed by atoms with E-state index in [9.17, 15) is 14.7 Å². The summed E-state index contributed by atoms with van der Waals surface area (Å²) in [5.74, 6) is -0.333. The predicted octanol–water partition coefficient (Wildman–Crippen LogP) is 2.13. The highest BCUT2D eigenvalue weighted by Gasteiger charge is 2.20. The molecule has 0 saturated carbocycles. The smallest absolute Gasteiger partial charge is 0.321 e. The van der Waals surface area contributed by atoms with E-state index < -0.39 is 12.0 Å². The van der Waals surface area contributed by atoms with Crippen LogP contribution in [0, 0.1) is 0 Å². The Bertz CT molecular complexity index is 706. The van der Waals surface area contributed by atoms with Gasteiger partial charge < -0.3 is 20.1 Å². The third kappa shape index (κ3) is 4.56. The maximum atomic E-state index is 11.4. The molecule has 0 aliphatic carbocycles. The molecule has 23 heavy (non-hydrogen) atoms. The number of fused-ring (bicyclic) bond motifs is 1. The summed E-state index contributed by atoms with van der Waals surface area (Å²) in [5.41, 5.74) is 1.80. The van der Waals surface area contributed by atoms with Crippen molar-refractivity contribution in [1.82, 2.24) is 10.3 Å². The van der Waals surface area contributed by atoms with Gasteiger partial charge in [0.25, 0.3) is 0 Å². The van der Waals surface area contributed by atoms with E-state index in [0.717, 1.165) is 16.5 Å². The zero-order chi connectivity index (χ0) is 17.0. The van der Waals surface area contributed by atoms with E-state index in [1.54, 1.807) is 6.07 Å². The summed E-state index contributed by atoms with van der Waals surface area (Å²) in [6.45, 7) is 5.32. The summed E-state index contributed by atoms with van der Waals surface area (Å²) >= 11 is 0. The largest absolute Gasteiger partial charge is 0.486 e. The number of hydrogen-bond donors (Lipinski definition) is 3. The quantitative estimate of drug-likeness (QED) is 0.693. The Labute approximate surface area is 134 Å². The van der Waals surface area contributed by atoms with Gasteiger partial charge in [-0.25, -0.2) is 0 Å². The second-order valence-corrected chi connectivity index (χ2v) is 5.93. The average Bonchev–Trinajstić information content (AvgIpc) is 2.86. The van der Waals surface area contributed by atoms with E-state index in [2.05, 4.69) is 10.3 Å². The van der Waals surface area contributed by atoms with Gasteiger partial charge in [-0.2, -0.15) is 0 Å². The molecule has 3 N–H and O–H groups in total. The molecule has 1 aromatic heterocycles. The first-order chi connectivity index (χ1) is 10.9. The number of aromatic amines is 1. The lowest BCUT2D eigenvalue weighted by atomic mass is 10.0. The van der Waals surface area contributed by atoms with Gasteiger partial charge in [0.2, 0.25) is 0 Å². The number of ether oxygens (including phenoxy) is 1. The summed E-state index contributed by atoms with van der Waals surface area (Å²) in [6, 6.07) is 4.90. The molecule has 0 radical (unpaired) electrons. The molecule has 6 heteroatoms. The molecule has 1 aromatic carbocycles. The maximum Gasteiger partial charge on any atom is 0.321 e. The highest BCUT2D eigenvalue weighted by atomic mass is 16.5. The number of rotatable bonds is 8. The van der Waals surface area contributed by atoms with E-state index in [1.807, 2.05) is 32.2 Å². The molecule has 0 aliphatic heterocycles. The van der Waals surface area contributed by atoms with Crippen LogP contribution < -0.4 is 10.1 Å². The number of benzene rings is 1. The third-order valence-corrected chi connectivity index (χ3v) is 3.44. The molecule has 0 unspecified atom stereocenters. The van der Waals surface area contributed by atoms with E-state index in [0.29, 0.717) is 12.2 Å². The number of nitrogens with one attached hydrogen (secondary N) is 2. The van der Waals surface area contributed by atoms with Crippen LogP contribution in [0.3, 0.4) is 0 Å². The molecule has 0 bridgehead atoms. The summed E-state index contributed by atoms with van der Waals surface area (Å²) in [4.78, 5) is 25.6. The summed E-state index contributed by atoms with van der Waals surface area (Å²) < 4.78 is 5.42. The molecule has 2 aromatic rings. The lowest BCUT2D eigenvalue weighted by Gasteiger charge is -2.17. The molecule has 1 heterocycles. The summed E-state index contributed by atoms with van der Waals surface area (Å²) in [7, 11) is 0. The Morgan fingerprint density at radius 1 is 1.35 bits per heavy atom. The van der Waals surface area contributed by atoms with Gasteiger partial charge in [0, 0.05) is 29.6 Å². The van der Waals surface area contributed by atoms with Gasteiger partial charge in [-0.3, -0.25) is 9.59 Å². The number of ketones is 1. The maximum absolute atomic E-state index is 11.4. The van der Waals surface area contributed by atoms with Crippen molar-refractivity contribution in [3.8, 4) is 5.75 Å². The third-order valence-electron chi connectivity index (χ3n) is 3.44. The van der Waals surface area contributed by atoms with Crippen LogP contribution in [0.1, 0.15) is 26.3 Å². The molecule has 0 spiro atoms. The van der Waals surface area contributed by atoms with Crippen molar-refractivity contribution >= 4 is 22.7 Å². The Kier molecular flexibility index (Phi) is 5.39. The monoisotopic (exact) mass is 318 g/mol. The van der Waals surface area contributed by atoms with Crippen molar-refractivity contribution in [2.45, 2.75) is 39.3 Å². The van der Waals surface area contributed by atoms with Crippen LogP contribution in [-0.2, 0) is 16.0 Å². The fourth-order valence-corrected chi connectivity index (χ4v) is 2.44. The number of aromatic nitrogens is 1. The van der Waals surface area contributed by atoms with Crippen LogP contribution >= 0.6 is 0 Å². The van der Waals surface area contributed by atoms with Gasteiger partial charge >= 0.3 is 5.97 Å². The second-order valence-electron chi connectivity index (χ2n) is 5.93. The molecular weight excluding hydrogens is 296 g/mol. The van der Waals surface area contributed by atoms with Crippen molar-refractivity contribution in [1.29, 1.82) is 0 Å². The van der Waals surface area contributed by atoms with Crippen molar-refractivity contribution < 1.29 is 19.4 Å². The Balaban J connectivity index is 2.24. The fourth-order valence-electron chi connectivity index (χ4n) is 2.44. The highest BCUT2D eigenvalue weighted by Crippen LogP contribution is 2.25. The molecule has 2 rings (SSSR count). The fraction of sp³-hybridized carbons (Fsp3) is 0.412. The topological polar surface area (TPSA) is 91.4 Å². The van der Waals surface area contributed by atoms with Crippen LogP contribution in [0.4, 0.5) is 0 Å². The SMILES string of the molecule is CC(=O)COc1ccc2[nH]cc(C[C@H](NC(C)C)C(=O)O)c2c1. The zero-order valence-electron chi connectivity index (χ0n) is 13.6. The van der Waals surface area contributed by atoms with Crippen LogP contribution in [0.5, 0.6) is 5.75 Å². The van der Waals surface area contributed by atoms with Gasteiger partial charge in [-0.15, -0.1) is 0 Å². The van der Waals surface area contributed by atoms with Gasteiger partial charge in [-0.05, 0) is 30.7 Å².